The van der Waals surface area contributed by atoms with E-state index in [0.717, 1.165) is 30.6 Å². The molecule has 0 aliphatic heterocycles. The molecule has 19 heavy (non-hydrogen) atoms. The van der Waals surface area contributed by atoms with Gasteiger partial charge in [-0.2, -0.15) is 0 Å². The van der Waals surface area contributed by atoms with E-state index in [4.69, 9.17) is 9.52 Å². The third-order valence-corrected chi connectivity index (χ3v) is 3.58. The predicted molar refractivity (Wildman–Crippen MR) is 68.5 cm³/mol. The van der Waals surface area contributed by atoms with Crippen molar-refractivity contribution < 1.29 is 19.1 Å². The van der Waals surface area contributed by atoms with Crippen LogP contribution in [0.3, 0.4) is 0 Å². The molecule has 1 aliphatic rings. The van der Waals surface area contributed by atoms with Crippen LogP contribution in [0.25, 0.3) is 0 Å². The summed E-state index contributed by atoms with van der Waals surface area (Å²) < 4.78 is 5.36. The molecule has 1 aromatic rings. The molecule has 1 aliphatic carbocycles. The van der Waals surface area contributed by atoms with E-state index in [0.29, 0.717) is 0 Å². The molecule has 0 aromatic carbocycles. The number of carboxylic acids is 1. The van der Waals surface area contributed by atoms with Gasteiger partial charge in [0.15, 0.2) is 0 Å². The molecule has 0 radical (unpaired) electrons. The Kier molecular flexibility index (Phi) is 3.74. The molecule has 0 bridgehead atoms. The molecule has 1 unspecified atom stereocenters. The minimum Gasteiger partial charge on any atom is -0.478 e. The first-order valence-corrected chi connectivity index (χ1v) is 6.28. The average molecular weight is 263 g/mol. The van der Waals surface area contributed by atoms with E-state index < -0.39 is 5.97 Å². The number of hydrogen-bond acceptors (Lipinski definition) is 3. The Morgan fingerprint density at radius 2 is 2.11 bits per heavy atom. The summed E-state index contributed by atoms with van der Waals surface area (Å²) in [4.78, 5) is 22.9. The highest BCUT2D eigenvalue weighted by molar-refractivity contribution is 6.01. The molecular weight excluding hydrogens is 246 g/mol. The lowest BCUT2D eigenvalue weighted by atomic mass is 9.93. The van der Waals surface area contributed by atoms with Crippen LogP contribution in [0.5, 0.6) is 0 Å². The smallest absolute Gasteiger partial charge is 0.331 e. The Morgan fingerprint density at radius 1 is 1.37 bits per heavy atom. The molecule has 2 N–H and O–H groups in total. The van der Waals surface area contributed by atoms with Crippen LogP contribution in [0.4, 0.5) is 0 Å². The molecule has 0 fully saturated rings. The van der Waals surface area contributed by atoms with Crippen molar-refractivity contribution in [2.75, 3.05) is 0 Å². The predicted octanol–water partition coefficient (Wildman–Crippen LogP) is 2.19. The van der Waals surface area contributed by atoms with Gasteiger partial charge in [0.2, 0.25) is 5.91 Å². The second-order valence-corrected chi connectivity index (χ2v) is 4.77. The van der Waals surface area contributed by atoms with Crippen LogP contribution < -0.4 is 5.32 Å². The third-order valence-electron chi connectivity index (χ3n) is 3.58. The van der Waals surface area contributed by atoms with Gasteiger partial charge in [0.25, 0.3) is 0 Å². The number of hydrogen-bond donors (Lipinski definition) is 2. The van der Waals surface area contributed by atoms with Crippen molar-refractivity contribution in [3.05, 3.63) is 34.8 Å². The lowest BCUT2D eigenvalue weighted by Gasteiger charge is -2.23. The fourth-order valence-electron chi connectivity index (χ4n) is 2.23. The Hall–Kier alpha value is -2.04. The summed E-state index contributed by atoms with van der Waals surface area (Å²) in [5, 5.41) is 11.8. The van der Waals surface area contributed by atoms with Crippen molar-refractivity contribution in [2.45, 2.75) is 39.2 Å². The first-order valence-electron chi connectivity index (χ1n) is 6.28. The molecule has 1 atom stereocenters. The molecular formula is C14H17NO4. The Balaban J connectivity index is 2.14. The van der Waals surface area contributed by atoms with E-state index in [-0.39, 0.29) is 23.1 Å². The largest absolute Gasteiger partial charge is 0.478 e. The van der Waals surface area contributed by atoms with Gasteiger partial charge in [-0.05, 0) is 32.8 Å². The number of nitrogens with one attached hydrogen (secondary N) is 1. The SMILES string of the molecule is CC(C(=O)O)=C(C)C(=O)NC1CCCc2occc21. The normalized spacial score (nSPS) is 19.4. The van der Waals surface area contributed by atoms with Gasteiger partial charge in [-0.15, -0.1) is 0 Å². The summed E-state index contributed by atoms with van der Waals surface area (Å²) in [7, 11) is 0. The molecule has 1 heterocycles. The zero-order valence-electron chi connectivity index (χ0n) is 11.0. The maximum Gasteiger partial charge on any atom is 0.331 e. The lowest BCUT2D eigenvalue weighted by Crippen LogP contribution is -2.31. The van der Waals surface area contributed by atoms with Crippen molar-refractivity contribution in [1.82, 2.24) is 5.32 Å². The van der Waals surface area contributed by atoms with Gasteiger partial charge in [-0.25, -0.2) is 4.79 Å². The molecule has 0 saturated carbocycles. The Bertz CT molecular complexity index is 541. The fourth-order valence-corrected chi connectivity index (χ4v) is 2.23. The van der Waals surface area contributed by atoms with Crippen molar-refractivity contribution in [2.24, 2.45) is 0 Å². The van der Waals surface area contributed by atoms with Crippen LogP contribution >= 0.6 is 0 Å². The summed E-state index contributed by atoms with van der Waals surface area (Å²) >= 11 is 0. The molecule has 0 spiro atoms. The van der Waals surface area contributed by atoms with E-state index in [1.54, 1.807) is 6.26 Å². The number of carbonyl (C=O) groups is 2. The van der Waals surface area contributed by atoms with Gasteiger partial charge in [0, 0.05) is 23.1 Å². The van der Waals surface area contributed by atoms with E-state index in [1.165, 1.54) is 13.8 Å². The van der Waals surface area contributed by atoms with Crippen molar-refractivity contribution in [3.8, 4) is 0 Å². The van der Waals surface area contributed by atoms with Crippen molar-refractivity contribution in [1.29, 1.82) is 0 Å². The Labute approximate surface area is 111 Å². The van der Waals surface area contributed by atoms with Crippen LogP contribution in [0.15, 0.2) is 27.9 Å². The summed E-state index contributed by atoms with van der Waals surface area (Å²) in [6, 6.07) is 1.77. The number of furan rings is 1. The van der Waals surface area contributed by atoms with Gasteiger partial charge < -0.3 is 14.8 Å². The van der Waals surface area contributed by atoms with Gasteiger partial charge in [-0.3, -0.25) is 4.79 Å². The van der Waals surface area contributed by atoms with Gasteiger partial charge in [-0.1, -0.05) is 0 Å². The van der Waals surface area contributed by atoms with Crippen LogP contribution in [0, 0.1) is 0 Å². The van der Waals surface area contributed by atoms with E-state index >= 15 is 0 Å². The zero-order chi connectivity index (χ0) is 14.0. The van der Waals surface area contributed by atoms with E-state index in [1.807, 2.05) is 6.07 Å². The fraction of sp³-hybridized carbons (Fsp3) is 0.429. The van der Waals surface area contributed by atoms with Gasteiger partial charge in [0.1, 0.15) is 5.76 Å². The number of carbonyl (C=O) groups excluding carboxylic acids is 1. The second kappa shape index (κ2) is 5.30. The second-order valence-electron chi connectivity index (χ2n) is 4.77. The van der Waals surface area contributed by atoms with Gasteiger partial charge >= 0.3 is 5.97 Å². The average Bonchev–Trinajstić information content (AvgIpc) is 2.86. The number of rotatable bonds is 3. The number of fused-ring (bicyclic) bond motifs is 1. The lowest BCUT2D eigenvalue weighted by molar-refractivity contribution is -0.133. The number of amides is 1. The molecule has 1 amide bonds. The molecule has 0 saturated heterocycles. The van der Waals surface area contributed by atoms with Crippen molar-refractivity contribution in [3.63, 3.8) is 0 Å². The molecule has 2 rings (SSSR count). The number of aryl methyl sites for hydroxylation is 1. The molecule has 5 heteroatoms. The third kappa shape index (κ3) is 2.70. The highest BCUT2D eigenvalue weighted by Crippen LogP contribution is 2.30. The first-order chi connectivity index (χ1) is 9.00. The minimum atomic E-state index is -1.07. The van der Waals surface area contributed by atoms with E-state index in [9.17, 15) is 9.59 Å². The maximum absolute atomic E-state index is 12.0. The number of aliphatic carboxylic acids is 1. The minimum absolute atomic E-state index is 0.0701. The quantitative estimate of drug-likeness (QED) is 0.819. The zero-order valence-corrected chi connectivity index (χ0v) is 11.0. The highest BCUT2D eigenvalue weighted by Gasteiger charge is 2.25. The first kappa shape index (κ1) is 13.4. The van der Waals surface area contributed by atoms with Crippen LogP contribution in [0.1, 0.15) is 44.1 Å². The molecule has 102 valence electrons. The Morgan fingerprint density at radius 3 is 2.79 bits per heavy atom. The summed E-state index contributed by atoms with van der Waals surface area (Å²) in [5.74, 6) is -0.493. The topological polar surface area (TPSA) is 79.5 Å². The summed E-state index contributed by atoms with van der Waals surface area (Å²) in [5.41, 5.74) is 1.31. The summed E-state index contributed by atoms with van der Waals surface area (Å²) in [6.07, 6.45) is 4.31. The van der Waals surface area contributed by atoms with Crippen LogP contribution in [-0.4, -0.2) is 17.0 Å². The highest BCUT2D eigenvalue weighted by atomic mass is 16.4. The standard InChI is InChI=1S/C14H17NO4/c1-8(9(2)14(17)18)13(16)15-11-4-3-5-12-10(11)6-7-19-12/h6-7,11H,3-5H2,1-2H3,(H,15,16)(H,17,18). The maximum atomic E-state index is 12.0. The van der Waals surface area contributed by atoms with Crippen LogP contribution in [-0.2, 0) is 16.0 Å². The molecule has 1 aromatic heterocycles. The monoisotopic (exact) mass is 263 g/mol. The summed E-state index contributed by atoms with van der Waals surface area (Å²) in [6.45, 7) is 2.96. The van der Waals surface area contributed by atoms with Crippen LogP contribution in [0.2, 0.25) is 0 Å². The number of carboxylic acid groups (broad SMARTS) is 1. The van der Waals surface area contributed by atoms with Gasteiger partial charge in [0.05, 0.1) is 12.3 Å². The van der Waals surface area contributed by atoms with Crippen molar-refractivity contribution >= 4 is 11.9 Å². The van der Waals surface area contributed by atoms with E-state index in [2.05, 4.69) is 5.32 Å². The molecule has 5 nitrogen and oxygen atoms in total.